The smallest absolute Gasteiger partial charge is 0.239 e. The lowest BCUT2D eigenvalue weighted by Crippen LogP contribution is -2.01. The molecule has 58 valence electrons. The summed E-state index contributed by atoms with van der Waals surface area (Å²) in [6.07, 6.45) is 5.79. The van der Waals surface area contributed by atoms with Gasteiger partial charge in [0.25, 0.3) is 0 Å². The standard InChI is InChI=1S/C7H10BrClO/c1-2-3-4-5-6(8)7(9)10/h4-6H,2-3H2,1H3/b5-4-. The summed E-state index contributed by atoms with van der Waals surface area (Å²) in [5.41, 5.74) is 0. The number of hydrogen-bond donors (Lipinski definition) is 0. The van der Waals surface area contributed by atoms with E-state index in [1.54, 1.807) is 6.08 Å². The van der Waals surface area contributed by atoms with Gasteiger partial charge in [0.2, 0.25) is 5.24 Å². The minimum absolute atomic E-state index is 0.319. The molecule has 0 rings (SSSR count). The van der Waals surface area contributed by atoms with Crippen LogP contribution in [-0.2, 0) is 4.79 Å². The molecule has 0 spiro atoms. The van der Waals surface area contributed by atoms with Gasteiger partial charge >= 0.3 is 0 Å². The molecule has 0 aliphatic heterocycles. The Balaban J connectivity index is 3.55. The molecule has 0 aromatic carbocycles. The van der Waals surface area contributed by atoms with Gasteiger partial charge in [-0.25, -0.2) is 0 Å². The van der Waals surface area contributed by atoms with Gasteiger partial charge in [0.05, 0.1) is 0 Å². The Morgan fingerprint density at radius 3 is 2.80 bits per heavy atom. The van der Waals surface area contributed by atoms with E-state index in [0.717, 1.165) is 12.8 Å². The zero-order valence-electron chi connectivity index (χ0n) is 5.81. The molecule has 1 atom stereocenters. The van der Waals surface area contributed by atoms with E-state index in [-0.39, 0.29) is 10.1 Å². The van der Waals surface area contributed by atoms with Gasteiger partial charge in [-0.05, 0) is 18.0 Å². The van der Waals surface area contributed by atoms with E-state index in [1.165, 1.54) is 0 Å². The van der Waals surface area contributed by atoms with Crippen molar-refractivity contribution in [1.82, 2.24) is 0 Å². The molecule has 0 aliphatic carbocycles. The molecule has 1 unspecified atom stereocenters. The summed E-state index contributed by atoms with van der Waals surface area (Å²) in [7, 11) is 0. The van der Waals surface area contributed by atoms with Crippen molar-refractivity contribution in [1.29, 1.82) is 0 Å². The number of alkyl halides is 1. The molecule has 0 aromatic rings. The average Bonchev–Trinajstić information content (AvgIpc) is 1.88. The summed E-state index contributed by atoms with van der Waals surface area (Å²) in [5, 5.41) is -0.368. The fourth-order valence-electron chi connectivity index (χ4n) is 0.458. The van der Waals surface area contributed by atoms with Gasteiger partial charge in [-0.3, -0.25) is 4.79 Å². The SMILES string of the molecule is CCC/C=C\C(Br)C(=O)Cl. The molecule has 0 fully saturated rings. The first-order valence-electron chi connectivity index (χ1n) is 3.18. The summed E-state index contributed by atoms with van der Waals surface area (Å²) in [4.78, 5) is 10.1. The lowest BCUT2D eigenvalue weighted by atomic mass is 10.3. The molecule has 0 saturated carbocycles. The number of unbranched alkanes of at least 4 members (excludes halogenated alkanes) is 1. The minimum atomic E-state index is -0.368. The predicted octanol–water partition coefficient (Wildman–Crippen LogP) is 2.87. The van der Waals surface area contributed by atoms with Crippen molar-refractivity contribution in [3.63, 3.8) is 0 Å². The van der Waals surface area contributed by atoms with E-state index < -0.39 is 0 Å². The Morgan fingerprint density at radius 1 is 1.80 bits per heavy atom. The number of carbonyl (C=O) groups excluding carboxylic acids is 1. The maximum atomic E-state index is 10.4. The summed E-state index contributed by atoms with van der Waals surface area (Å²) >= 11 is 8.27. The Labute approximate surface area is 74.6 Å². The van der Waals surface area contributed by atoms with Crippen LogP contribution in [-0.4, -0.2) is 10.1 Å². The highest BCUT2D eigenvalue weighted by atomic mass is 79.9. The van der Waals surface area contributed by atoms with E-state index in [1.807, 2.05) is 6.08 Å². The summed E-state index contributed by atoms with van der Waals surface area (Å²) in [5.74, 6) is 0. The summed E-state index contributed by atoms with van der Waals surface area (Å²) < 4.78 is 0. The van der Waals surface area contributed by atoms with Crippen LogP contribution >= 0.6 is 27.5 Å². The first-order valence-corrected chi connectivity index (χ1v) is 4.48. The van der Waals surface area contributed by atoms with E-state index in [9.17, 15) is 4.79 Å². The van der Waals surface area contributed by atoms with Gasteiger partial charge in [-0.15, -0.1) is 0 Å². The highest BCUT2D eigenvalue weighted by Crippen LogP contribution is 2.06. The first kappa shape index (κ1) is 10.2. The third-order valence-electron chi connectivity index (χ3n) is 0.977. The van der Waals surface area contributed by atoms with E-state index in [4.69, 9.17) is 11.6 Å². The second-order valence-electron chi connectivity index (χ2n) is 1.92. The minimum Gasteiger partial charge on any atom is -0.280 e. The highest BCUT2D eigenvalue weighted by molar-refractivity contribution is 9.10. The Morgan fingerprint density at radius 2 is 2.40 bits per heavy atom. The Kier molecular flexibility index (Phi) is 6.03. The zero-order valence-corrected chi connectivity index (χ0v) is 8.15. The van der Waals surface area contributed by atoms with Crippen LogP contribution in [0.3, 0.4) is 0 Å². The van der Waals surface area contributed by atoms with Crippen molar-refractivity contribution in [2.24, 2.45) is 0 Å². The van der Waals surface area contributed by atoms with Crippen LogP contribution in [0.5, 0.6) is 0 Å². The van der Waals surface area contributed by atoms with Crippen LogP contribution in [0.25, 0.3) is 0 Å². The lowest BCUT2D eigenvalue weighted by Gasteiger charge is -1.93. The van der Waals surface area contributed by atoms with Gasteiger partial charge in [0, 0.05) is 0 Å². The number of carbonyl (C=O) groups is 1. The monoisotopic (exact) mass is 224 g/mol. The molecule has 0 bridgehead atoms. The topological polar surface area (TPSA) is 17.1 Å². The first-order chi connectivity index (χ1) is 4.68. The van der Waals surface area contributed by atoms with Crippen LogP contribution in [0.4, 0.5) is 0 Å². The normalized spacial score (nSPS) is 13.9. The van der Waals surface area contributed by atoms with Gasteiger partial charge in [-0.2, -0.15) is 0 Å². The maximum Gasteiger partial charge on any atom is 0.239 e. The summed E-state index contributed by atoms with van der Waals surface area (Å²) in [6.45, 7) is 2.08. The number of rotatable bonds is 4. The molecule has 0 aliphatic rings. The molecule has 0 heterocycles. The molecule has 0 aromatic heterocycles. The van der Waals surface area contributed by atoms with Crippen LogP contribution in [0.15, 0.2) is 12.2 Å². The molecule has 1 nitrogen and oxygen atoms in total. The second-order valence-corrected chi connectivity index (χ2v) is 3.28. The van der Waals surface area contributed by atoms with Crippen LogP contribution < -0.4 is 0 Å². The van der Waals surface area contributed by atoms with Crippen molar-refractivity contribution in [2.45, 2.75) is 24.6 Å². The van der Waals surface area contributed by atoms with E-state index in [2.05, 4.69) is 22.9 Å². The fourth-order valence-corrected chi connectivity index (χ4v) is 0.747. The third-order valence-corrected chi connectivity index (χ3v) is 2.20. The molecule has 0 radical (unpaired) electrons. The van der Waals surface area contributed by atoms with Crippen molar-refractivity contribution < 1.29 is 4.79 Å². The Bertz CT molecular complexity index is 134. The van der Waals surface area contributed by atoms with Crippen molar-refractivity contribution in [3.05, 3.63) is 12.2 Å². The quantitative estimate of drug-likeness (QED) is 0.408. The largest absolute Gasteiger partial charge is 0.280 e. The van der Waals surface area contributed by atoms with Gasteiger partial charge in [0.15, 0.2) is 0 Å². The molecule has 0 amide bonds. The Hall–Kier alpha value is 0.180. The van der Waals surface area contributed by atoms with Crippen molar-refractivity contribution in [3.8, 4) is 0 Å². The molecular formula is C7H10BrClO. The predicted molar refractivity (Wildman–Crippen MR) is 47.6 cm³/mol. The van der Waals surface area contributed by atoms with Gasteiger partial charge in [0.1, 0.15) is 4.83 Å². The van der Waals surface area contributed by atoms with Gasteiger partial charge < -0.3 is 0 Å². The number of allylic oxidation sites excluding steroid dienone is 2. The van der Waals surface area contributed by atoms with Crippen LogP contribution in [0.2, 0.25) is 0 Å². The number of halogens is 2. The van der Waals surface area contributed by atoms with E-state index in [0.29, 0.717) is 0 Å². The fraction of sp³-hybridized carbons (Fsp3) is 0.571. The second kappa shape index (κ2) is 5.93. The zero-order chi connectivity index (χ0) is 7.98. The lowest BCUT2D eigenvalue weighted by molar-refractivity contribution is -0.110. The molecule has 3 heteroatoms. The molecular weight excluding hydrogens is 215 g/mol. The average molecular weight is 226 g/mol. The van der Waals surface area contributed by atoms with Crippen LogP contribution in [0.1, 0.15) is 19.8 Å². The van der Waals surface area contributed by atoms with Crippen molar-refractivity contribution in [2.75, 3.05) is 0 Å². The highest BCUT2D eigenvalue weighted by Gasteiger charge is 2.05. The number of hydrogen-bond acceptors (Lipinski definition) is 1. The van der Waals surface area contributed by atoms with Crippen LogP contribution in [0, 0.1) is 0 Å². The molecule has 0 N–H and O–H groups in total. The van der Waals surface area contributed by atoms with E-state index >= 15 is 0 Å². The van der Waals surface area contributed by atoms with Crippen molar-refractivity contribution >= 4 is 32.8 Å². The molecule has 0 saturated heterocycles. The summed E-state index contributed by atoms with van der Waals surface area (Å²) in [6, 6.07) is 0. The third kappa shape index (κ3) is 5.00. The molecule has 10 heavy (non-hydrogen) atoms. The van der Waals surface area contributed by atoms with Gasteiger partial charge in [-0.1, -0.05) is 41.4 Å². The maximum absolute atomic E-state index is 10.4.